The molecule has 0 aliphatic heterocycles. The van der Waals surface area contributed by atoms with Crippen molar-refractivity contribution >= 4 is 48.6 Å². The molecule has 3 nitrogen and oxygen atoms in total. The number of rotatable bonds is 3. The lowest BCUT2D eigenvalue weighted by Gasteiger charge is -2.10. The zero-order chi connectivity index (χ0) is 23.4. The van der Waals surface area contributed by atoms with Crippen LogP contribution in [0, 0.1) is 0 Å². The summed E-state index contributed by atoms with van der Waals surface area (Å²) >= 11 is 3.68. The molecule has 0 unspecified atom stereocenters. The third kappa shape index (κ3) is 3.22. The minimum absolute atomic E-state index is 0.975. The van der Waals surface area contributed by atoms with Gasteiger partial charge in [0, 0.05) is 50.0 Å². The smallest absolute Gasteiger partial charge is 0.0702 e. The number of nitrogens with zero attached hydrogens (tertiary/aromatic N) is 3. The molecule has 0 amide bonds. The van der Waals surface area contributed by atoms with Crippen molar-refractivity contribution < 1.29 is 0 Å². The summed E-state index contributed by atoms with van der Waals surface area (Å²) in [6, 6.07) is 38.5. The minimum Gasteiger partial charge on any atom is -0.316 e. The normalized spacial score (nSPS) is 11.6. The summed E-state index contributed by atoms with van der Waals surface area (Å²) < 4.78 is 5.74. The molecule has 0 atom stereocenters. The largest absolute Gasteiger partial charge is 0.316 e. The Morgan fingerprint density at radius 1 is 0.600 bits per heavy atom. The van der Waals surface area contributed by atoms with E-state index in [1.807, 2.05) is 24.4 Å². The predicted octanol–water partition coefficient (Wildman–Crippen LogP) is 8.55. The van der Waals surface area contributed by atoms with Crippen LogP contribution in [0.25, 0.3) is 55.3 Å². The van der Waals surface area contributed by atoms with Crippen LogP contribution in [-0.4, -0.2) is 14.1 Å². The number of hydrogen-bond acceptors (Lipinski definition) is 1. The first-order valence-electron chi connectivity index (χ1n) is 11.6. The molecule has 7 rings (SSSR count). The Bertz CT molecular complexity index is 1850. The van der Waals surface area contributed by atoms with Gasteiger partial charge in [-0.3, -0.25) is 4.98 Å². The van der Waals surface area contributed by atoms with E-state index in [1.165, 1.54) is 32.7 Å². The maximum atomic E-state index is 4.53. The van der Waals surface area contributed by atoms with Gasteiger partial charge in [-0.25, -0.2) is 0 Å². The van der Waals surface area contributed by atoms with Crippen LogP contribution in [0.1, 0.15) is 0 Å². The molecular formula is C31H20BrN3. The van der Waals surface area contributed by atoms with Gasteiger partial charge >= 0.3 is 0 Å². The Balaban J connectivity index is 1.52. The molecule has 0 N–H and O–H groups in total. The number of halogens is 1. The number of fused-ring (bicyclic) bond motifs is 5. The first-order chi connectivity index (χ1) is 17.3. The highest BCUT2D eigenvalue weighted by molar-refractivity contribution is 9.10. The van der Waals surface area contributed by atoms with Crippen LogP contribution < -0.4 is 0 Å². The lowest BCUT2D eigenvalue weighted by molar-refractivity contribution is 1.13. The van der Waals surface area contributed by atoms with Crippen molar-refractivity contribution in [2.24, 2.45) is 0 Å². The maximum absolute atomic E-state index is 4.53. The average molecular weight is 514 g/mol. The van der Waals surface area contributed by atoms with Crippen LogP contribution in [0.4, 0.5) is 0 Å². The first kappa shape index (κ1) is 20.2. The number of hydrogen-bond donors (Lipinski definition) is 0. The van der Waals surface area contributed by atoms with E-state index in [0.717, 1.165) is 27.1 Å². The van der Waals surface area contributed by atoms with Gasteiger partial charge < -0.3 is 9.13 Å². The number of benzene rings is 4. The third-order valence-corrected chi connectivity index (χ3v) is 7.15. The second-order valence-corrected chi connectivity index (χ2v) is 9.59. The summed E-state index contributed by atoms with van der Waals surface area (Å²) in [5.74, 6) is 0. The van der Waals surface area contributed by atoms with E-state index in [2.05, 4.69) is 127 Å². The average Bonchev–Trinajstić information content (AvgIpc) is 3.49. The molecule has 0 radical (unpaired) electrons. The Kier molecular flexibility index (Phi) is 4.61. The first-order valence-corrected chi connectivity index (χ1v) is 12.4. The van der Waals surface area contributed by atoms with E-state index in [-0.39, 0.29) is 0 Å². The Morgan fingerprint density at radius 2 is 1.43 bits per heavy atom. The zero-order valence-electron chi connectivity index (χ0n) is 18.8. The molecule has 166 valence electrons. The van der Waals surface area contributed by atoms with Crippen LogP contribution in [0.5, 0.6) is 0 Å². The number of aromatic nitrogens is 3. The van der Waals surface area contributed by atoms with Crippen LogP contribution in [0.3, 0.4) is 0 Å². The van der Waals surface area contributed by atoms with Gasteiger partial charge in [-0.05, 0) is 66.7 Å². The quantitative estimate of drug-likeness (QED) is 0.232. The van der Waals surface area contributed by atoms with Gasteiger partial charge in [0.05, 0.1) is 22.2 Å². The molecule has 3 aromatic heterocycles. The van der Waals surface area contributed by atoms with E-state index in [1.54, 1.807) is 0 Å². The van der Waals surface area contributed by atoms with Crippen molar-refractivity contribution in [2.45, 2.75) is 0 Å². The highest BCUT2D eigenvalue weighted by Crippen LogP contribution is 2.38. The number of para-hydroxylation sites is 1. The van der Waals surface area contributed by atoms with Crippen molar-refractivity contribution in [2.75, 3.05) is 0 Å². The molecular weight excluding hydrogens is 494 g/mol. The van der Waals surface area contributed by atoms with Gasteiger partial charge in [0.15, 0.2) is 0 Å². The van der Waals surface area contributed by atoms with Crippen LogP contribution >= 0.6 is 15.9 Å². The SMILES string of the molecule is Brc1ccc2c(c1)c1ccc3c(ccn3-c3cccc(-c4ccccn4)c3)c1n2-c1ccccc1. The van der Waals surface area contributed by atoms with Crippen LogP contribution in [0.15, 0.2) is 126 Å². The van der Waals surface area contributed by atoms with Gasteiger partial charge in [0.1, 0.15) is 0 Å². The fourth-order valence-corrected chi connectivity index (χ4v) is 5.48. The summed E-state index contributed by atoms with van der Waals surface area (Å²) in [4.78, 5) is 4.53. The van der Waals surface area contributed by atoms with E-state index >= 15 is 0 Å². The van der Waals surface area contributed by atoms with Gasteiger partial charge in [-0.2, -0.15) is 0 Å². The molecule has 0 aliphatic rings. The maximum Gasteiger partial charge on any atom is 0.0702 e. The van der Waals surface area contributed by atoms with E-state index in [4.69, 9.17) is 0 Å². The molecule has 7 aromatic rings. The van der Waals surface area contributed by atoms with Crippen molar-refractivity contribution in [1.82, 2.24) is 14.1 Å². The summed E-state index contributed by atoms with van der Waals surface area (Å²) in [5.41, 5.74) is 7.96. The molecule has 0 saturated heterocycles. The molecule has 4 heteroatoms. The van der Waals surface area contributed by atoms with Crippen molar-refractivity contribution in [3.63, 3.8) is 0 Å². The molecule has 35 heavy (non-hydrogen) atoms. The summed E-state index contributed by atoms with van der Waals surface area (Å²) in [5, 5.41) is 3.71. The molecule has 0 bridgehead atoms. The van der Waals surface area contributed by atoms with Crippen LogP contribution in [0.2, 0.25) is 0 Å². The molecule has 0 aliphatic carbocycles. The molecule has 0 spiro atoms. The Hall–Kier alpha value is -4.15. The topological polar surface area (TPSA) is 22.8 Å². The highest BCUT2D eigenvalue weighted by atomic mass is 79.9. The predicted molar refractivity (Wildman–Crippen MR) is 149 cm³/mol. The number of pyridine rings is 1. The zero-order valence-corrected chi connectivity index (χ0v) is 20.4. The Labute approximate surface area is 211 Å². The summed E-state index contributed by atoms with van der Waals surface area (Å²) in [7, 11) is 0. The van der Waals surface area contributed by atoms with Crippen LogP contribution in [-0.2, 0) is 0 Å². The van der Waals surface area contributed by atoms with Crippen molar-refractivity contribution in [3.8, 4) is 22.6 Å². The van der Waals surface area contributed by atoms with E-state index in [0.29, 0.717) is 0 Å². The summed E-state index contributed by atoms with van der Waals surface area (Å²) in [6.07, 6.45) is 4.01. The third-order valence-electron chi connectivity index (χ3n) is 6.66. The lowest BCUT2D eigenvalue weighted by atomic mass is 10.1. The molecule has 3 heterocycles. The standard InChI is InChI=1S/C31H20BrN3/c32-22-12-14-30-27(20-22)25-13-15-29-26(31(25)35(30)23-8-2-1-3-9-23)16-18-34(29)24-10-6-7-21(19-24)28-11-4-5-17-33-28/h1-20H. The van der Waals surface area contributed by atoms with Gasteiger partial charge in [-0.1, -0.05) is 58.4 Å². The van der Waals surface area contributed by atoms with Crippen molar-refractivity contribution in [1.29, 1.82) is 0 Å². The fraction of sp³-hybridized carbons (Fsp3) is 0. The molecule has 0 fully saturated rings. The molecule has 0 saturated carbocycles. The minimum atomic E-state index is 0.975. The molecule has 4 aromatic carbocycles. The monoisotopic (exact) mass is 513 g/mol. The van der Waals surface area contributed by atoms with E-state index in [9.17, 15) is 0 Å². The summed E-state index contributed by atoms with van der Waals surface area (Å²) in [6.45, 7) is 0. The van der Waals surface area contributed by atoms with Gasteiger partial charge in [0.2, 0.25) is 0 Å². The van der Waals surface area contributed by atoms with Crippen molar-refractivity contribution in [3.05, 3.63) is 126 Å². The highest BCUT2D eigenvalue weighted by Gasteiger charge is 2.17. The second kappa shape index (κ2) is 7.97. The second-order valence-electron chi connectivity index (χ2n) is 8.68. The van der Waals surface area contributed by atoms with E-state index < -0.39 is 0 Å². The van der Waals surface area contributed by atoms with Gasteiger partial charge in [-0.15, -0.1) is 0 Å². The van der Waals surface area contributed by atoms with Gasteiger partial charge in [0.25, 0.3) is 0 Å². The Morgan fingerprint density at radius 3 is 2.29 bits per heavy atom. The fourth-order valence-electron chi connectivity index (χ4n) is 5.12. The lowest BCUT2D eigenvalue weighted by Crippen LogP contribution is -1.95.